The first-order valence-corrected chi connectivity index (χ1v) is 16.2. The molecule has 1 saturated heterocycles. The van der Waals surface area contributed by atoms with Gasteiger partial charge in [0.05, 0.1) is 32.5 Å². The Kier molecular flexibility index (Phi) is 11.8. The molecule has 1 heterocycles. The van der Waals surface area contributed by atoms with E-state index in [0.717, 1.165) is 22.3 Å². The number of hydrogen-bond donors (Lipinski definition) is 1. The second kappa shape index (κ2) is 16.2. The van der Waals surface area contributed by atoms with Gasteiger partial charge in [0.25, 0.3) is 10.1 Å². The summed E-state index contributed by atoms with van der Waals surface area (Å²) < 4.78 is 79.9. The van der Waals surface area contributed by atoms with Crippen molar-refractivity contribution in [2.75, 3.05) is 0 Å². The fourth-order valence-electron chi connectivity index (χ4n) is 5.13. The maximum Gasteiger partial charge on any atom is 0.297 e. The monoisotopic (exact) mass is 636 g/mol. The van der Waals surface area contributed by atoms with E-state index < -0.39 is 52.7 Å². The molecule has 1 fully saturated rings. The largest absolute Gasteiger partial charge is 0.368 e. The Hall–Kier alpha value is -3.48. The zero-order valence-corrected chi connectivity index (χ0v) is 25.5. The lowest BCUT2D eigenvalue weighted by Crippen LogP contribution is -2.61. The van der Waals surface area contributed by atoms with E-state index in [-0.39, 0.29) is 26.4 Å². The Bertz CT molecular complexity index is 1530. The van der Waals surface area contributed by atoms with Crippen molar-refractivity contribution in [2.45, 2.75) is 69.1 Å². The van der Waals surface area contributed by atoms with Gasteiger partial charge in [0.1, 0.15) is 18.3 Å². The van der Waals surface area contributed by atoms with Crippen molar-refractivity contribution >= 4 is 10.1 Å². The van der Waals surface area contributed by atoms with Crippen LogP contribution < -0.4 is 0 Å². The highest BCUT2D eigenvalue weighted by Gasteiger charge is 2.50. The molecule has 45 heavy (non-hydrogen) atoms. The first-order valence-electron chi connectivity index (χ1n) is 14.7. The molecular formula is C35H37FO8S. The first kappa shape index (κ1) is 32.9. The summed E-state index contributed by atoms with van der Waals surface area (Å²) >= 11 is 0. The van der Waals surface area contributed by atoms with Crippen LogP contribution in [-0.4, -0.2) is 49.2 Å². The zero-order valence-electron chi connectivity index (χ0n) is 24.6. The highest BCUT2D eigenvalue weighted by Crippen LogP contribution is 2.34. The fraction of sp³-hybridized carbons (Fsp3) is 0.314. The average Bonchev–Trinajstić information content (AvgIpc) is 3.06. The molecule has 1 N–H and O–H groups in total. The quantitative estimate of drug-likeness (QED) is 0.153. The van der Waals surface area contributed by atoms with Crippen LogP contribution in [0, 0.1) is 0 Å². The molecule has 8 nitrogen and oxygen atoms in total. The molecule has 0 amide bonds. The lowest BCUT2D eigenvalue weighted by molar-refractivity contribution is -0.327. The number of hydrogen-bond acceptors (Lipinski definition) is 7. The van der Waals surface area contributed by atoms with Gasteiger partial charge in [-0.15, -0.1) is 0 Å². The van der Waals surface area contributed by atoms with Gasteiger partial charge in [-0.25, -0.2) is 4.39 Å². The molecule has 1 aliphatic heterocycles. The van der Waals surface area contributed by atoms with Crippen LogP contribution in [0.1, 0.15) is 28.7 Å². The SMILES string of the molecule is O=S(=O)(O)C(F)C[C@H]1O[C@@H](OCc2ccccc2)[C@H](OCc2ccccc2)[C@@H](OCc2ccccc2)[C@@H]1OCc1ccccc1. The van der Waals surface area contributed by atoms with Crippen molar-refractivity contribution in [1.82, 2.24) is 0 Å². The summed E-state index contributed by atoms with van der Waals surface area (Å²) in [6.07, 6.45) is -5.72. The van der Waals surface area contributed by atoms with Crippen LogP contribution >= 0.6 is 0 Å². The van der Waals surface area contributed by atoms with E-state index in [1.807, 2.05) is 121 Å². The maximum atomic E-state index is 15.0. The third kappa shape index (κ3) is 9.75. The molecule has 0 radical (unpaired) electrons. The van der Waals surface area contributed by atoms with E-state index >= 15 is 0 Å². The van der Waals surface area contributed by atoms with Crippen LogP contribution in [0.4, 0.5) is 4.39 Å². The van der Waals surface area contributed by atoms with Crippen molar-refractivity contribution in [1.29, 1.82) is 0 Å². The number of ether oxygens (including phenoxy) is 5. The second-order valence-electron chi connectivity index (χ2n) is 10.8. The summed E-state index contributed by atoms with van der Waals surface area (Å²) in [5.41, 5.74) is 0.878. The molecule has 0 aromatic heterocycles. The Labute approximate surface area is 263 Å². The molecule has 0 saturated carbocycles. The van der Waals surface area contributed by atoms with Crippen LogP contribution in [0.25, 0.3) is 0 Å². The Morgan fingerprint density at radius 1 is 0.578 bits per heavy atom. The van der Waals surface area contributed by atoms with Crippen LogP contribution in [0.5, 0.6) is 0 Å². The third-order valence-corrected chi connectivity index (χ3v) is 8.28. The molecule has 1 unspecified atom stereocenters. The highest BCUT2D eigenvalue weighted by molar-refractivity contribution is 7.86. The summed E-state index contributed by atoms with van der Waals surface area (Å²) in [5.74, 6) is 0. The Balaban J connectivity index is 1.49. The van der Waals surface area contributed by atoms with Gasteiger partial charge in [-0.1, -0.05) is 121 Å². The lowest BCUT2D eigenvalue weighted by atomic mass is 9.95. The minimum Gasteiger partial charge on any atom is -0.368 e. The number of benzene rings is 4. The van der Waals surface area contributed by atoms with E-state index in [1.165, 1.54) is 0 Å². The zero-order chi connectivity index (χ0) is 31.5. The van der Waals surface area contributed by atoms with Gasteiger partial charge in [-0.2, -0.15) is 8.42 Å². The van der Waals surface area contributed by atoms with Gasteiger partial charge in [-0.05, 0) is 22.3 Å². The van der Waals surface area contributed by atoms with E-state index in [1.54, 1.807) is 0 Å². The van der Waals surface area contributed by atoms with Gasteiger partial charge in [0.15, 0.2) is 6.29 Å². The minimum atomic E-state index is -5.01. The van der Waals surface area contributed by atoms with Crippen molar-refractivity contribution < 1.29 is 41.0 Å². The molecule has 4 aromatic rings. The van der Waals surface area contributed by atoms with E-state index in [0.29, 0.717) is 0 Å². The number of halogens is 1. The summed E-state index contributed by atoms with van der Waals surface area (Å²) in [6, 6.07) is 37.9. The Morgan fingerprint density at radius 3 is 1.33 bits per heavy atom. The predicted molar refractivity (Wildman–Crippen MR) is 166 cm³/mol. The van der Waals surface area contributed by atoms with Crippen LogP contribution in [0.15, 0.2) is 121 Å². The molecule has 4 aromatic carbocycles. The van der Waals surface area contributed by atoms with Crippen molar-refractivity contribution in [2.24, 2.45) is 0 Å². The molecule has 1 aliphatic rings. The molecule has 0 bridgehead atoms. The van der Waals surface area contributed by atoms with Gasteiger partial charge in [-0.3, -0.25) is 4.55 Å². The summed E-state index contributed by atoms with van der Waals surface area (Å²) in [7, 11) is -5.01. The summed E-state index contributed by atoms with van der Waals surface area (Å²) in [5, 5.41) is 0. The van der Waals surface area contributed by atoms with E-state index in [9.17, 15) is 17.4 Å². The van der Waals surface area contributed by atoms with Crippen molar-refractivity contribution in [3.05, 3.63) is 144 Å². The van der Waals surface area contributed by atoms with Gasteiger partial charge in [0.2, 0.25) is 5.50 Å². The Morgan fingerprint density at radius 2 is 0.933 bits per heavy atom. The van der Waals surface area contributed by atoms with Crippen LogP contribution in [-0.2, 0) is 60.2 Å². The normalized spacial score (nSPS) is 22.6. The van der Waals surface area contributed by atoms with Gasteiger partial charge < -0.3 is 23.7 Å². The van der Waals surface area contributed by atoms with Gasteiger partial charge >= 0.3 is 0 Å². The van der Waals surface area contributed by atoms with Gasteiger partial charge in [0, 0.05) is 6.42 Å². The second-order valence-corrected chi connectivity index (χ2v) is 12.3. The molecule has 0 aliphatic carbocycles. The minimum absolute atomic E-state index is 0.111. The fourth-order valence-corrected chi connectivity index (χ4v) is 5.56. The molecular weight excluding hydrogens is 599 g/mol. The third-order valence-electron chi connectivity index (χ3n) is 7.44. The van der Waals surface area contributed by atoms with Crippen molar-refractivity contribution in [3.63, 3.8) is 0 Å². The van der Waals surface area contributed by atoms with E-state index in [2.05, 4.69) is 0 Å². The molecule has 0 spiro atoms. The predicted octanol–water partition coefficient (Wildman–Crippen LogP) is 6.26. The molecule has 6 atom stereocenters. The lowest BCUT2D eigenvalue weighted by Gasteiger charge is -2.46. The molecule has 5 rings (SSSR count). The smallest absolute Gasteiger partial charge is 0.297 e. The number of alkyl halides is 1. The standard InChI is InChI=1S/C35H37FO8S/c36-31(45(37,38)39)21-30-32(40-22-26-13-5-1-6-14-26)33(41-23-27-15-7-2-8-16-27)34(42-24-28-17-9-3-10-18-28)35(44-30)43-25-29-19-11-4-12-20-29/h1-20,30-35H,21-25H2,(H,37,38,39)/t30-,31?,32-,33+,34-,35-/m1/s1. The van der Waals surface area contributed by atoms with E-state index in [4.69, 9.17) is 23.7 Å². The van der Waals surface area contributed by atoms with Crippen molar-refractivity contribution in [3.8, 4) is 0 Å². The first-order chi connectivity index (χ1) is 21.9. The van der Waals surface area contributed by atoms with Crippen LogP contribution in [0.2, 0.25) is 0 Å². The summed E-state index contributed by atoms with van der Waals surface area (Å²) in [4.78, 5) is 0. The van der Waals surface area contributed by atoms with Crippen LogP contribution in [0.3, 0.4) is 0 Å². The molecule has 238 valence electrons. The topological polar surface area (TPSA) is 101 Å². The number of rotatable bonds is 15. The highest BCUT2D eigenvalue weighted by atomic mass is 32.2. The molecule has 10 heteroatoms. The average molecular weight is 637 g/mol. The summed E-state index contributed by atoms with van der Waals surface area (Å²) in [6.45, 7) is 0.609. The maximum absolute atomic E-state index is 15.0.